The number of hydrogen-bond donors (Lipinski definition) is 2. The number of hydrogen-bond acceptors (Lipinski definition) is 3. The van der Waals surface area contributed by atoms with Gasteiger partial charge in [0.15, 0.2) is 0 Å². The molecule has 0 bridgehead atoms. The molecule has 0 saturated carbocycles. The second-order valence-corrected chi connectivity index (χ2v) is 7.39. The summed E-state index contributed by atoms with van der Waals surface area (Å²) in [5.41, 5.74) is 2.38. The van der Waals surface area contributed by atoms with E-state index in [-0.39, 0.29) is 12.5 Å². The van der Waals surface area contributed by atoms with Gasteiger partial charge in [-0.2, -0.15) is 13.2 Å². The van der Waals surface area contributed by atoms with Crippen molar-refractivity contribution in [2.45, 2.75) is 19.1 Å². The summed E-state index contributed by atoms with van der Waals surface area (Å²) in [4.78, 5) is 5.30. The molecular weight excluding hydrogens is 389 g/mol. The monoisotopic (exact) mass is 408 g/mol. The first kappa shape index (κ1) is 20.1. The van der Waals surface area contributed by atoms with E-state index in [1.807, 2.05) is 36.4 Å². The maximum atomic E-state index is 12.6. The van der Waals surface area contributed by atoms with Crippen molar-refractivity contribution in [3.05, 3.63) is 63.9 Å². The van der Waals surface area contributed by atoms with E-state index >= 15 is 0 Å². The smallest absolute Gasteiger partial charge is 0.337 e. The van der Waals surface area contributed by atoms with Crippen molar-refractivity contribution in [2.75, 3.05) is 13.1 Å². The molecule has 1 aliphatic rings. The standard InChI is InChI=1S/C19H19F3N4OS/c20-19(21,22)17-7-6-16(28-17)12-26(27)13-24-18(23)25-10-8-15(9-11-25)14-4-2-1-3-5-14/h1-8,13,23,27H,9-12H2. The highest BCUT2D eigenvalue weighted by atomic mass is 32.1. The number of thiophene rings is 1. The van der Waals surface area contributed by atoms with Gasteiger partial charge < -0.3 is 4.90 Å². The number of hydroxylamine groups is 2. The molecule has 0 amide bonds. The SMILES string of the molecule is N=C(N=CN(O)Cc1ccc(C(F)(F)F)s1)N1CC=C(c2ccccc2)CC1. The van der Waals surface area contributed by atoms with E-state index in [1.165, 1.54) is 11.6 Å². The summed E-state index contributed by atoms with van der Waals surface area (Å²) in [5.74, 6) is -0.00966. The maximum Gasteiger partial charge on any atom is 0.425 e. The topological polar surface area (TPSA) is 62.9 Å². The fourth-order valence-electron chi connectivity index (χ4n) is 2.79. The molecule has 3 rings (SSSR count). The first-order valence-corrected chi connectivity index (χ1v) is 9.38. The summed E-state index contributed by atoms with van der Waals surface area (Å²) in [6, 6.07) is 12.3. The summed E-state index contributed by atoms with van der Waals surface area (Å²) in [7, 11) is 0. The van der Waals surface area contributed by atoms with Crippen LogP contribution in [-0.4, -0.2) is 40.6 Å². The normalized spacial score (nSPS) is 15.0. The number of halogens is 3. The molecule has 0 atom stereocenters. The molecule has 0 unspecified atom stereocenters. The number of aliphatic imine (C=N–C) groups is 1. The van der Waals surface area contributed by atoms with Gasteiger partial charge in [0.1, 0.15) is 11.2 Å². The van der Waals surface area contributed by atoms with Gasteiger partial charge in [-0.05, 0) is 29.7 Å². The highest BCUT2D eigenvalue weighted by Gasteiger charge is 2.32. The summed E-state index contributed by atoms with van der Waals surface area (Å²) >= 11 is 0.568. The van der Waals surface area contributed by atoms with Crippen LogP contribution in [0, 0.1) is 5.41 Å². The van der Waals surface area contributed by atoms with Crippen molar-refractivity contribution >= 4 is 29.2 Å². The Morgan fingerprint density at radius 3 is 2.61 bits per heavy atom. The van der Waals surface area contributed by atoms with Crippen molar-refractivity contribution in [3.8, 4) is 0 Å². The van der Waals surface area contributed by atoms with Gasteiger partial charge >= 0.3 is 6.18 Å². The van der Waals surface area contributed by atoms with Crippen LogP contribution in [0.25, 0.3) is 5.57 Å². The molecule has 9 heteroatoms. The lowest BCUT2D eigenvalue weighted by atomic mass is 10.00. The number of benzene rings is 1. The van der Waals surface area contributed by atoms with Crippen molar-refractivity contribution in [2.24, 2.45) is 4.99 Å². The Labute approximate surface area is 164 Å². The Bertz CT molecular complexity index is 877. The highest BCUT2D eigenvalue weighted by Crippen LogP contribution is 2.34. The van der Waals surface area contributed by atoms with Crippen molar-refractivity contribution in [1.82, 2.24) is 9.96 Å². The zero-order valence-electron chi connectivity index (χ0n) is 14.9. The molecular formula is C19H19F3N4OS. The second kappa shape index (κ2) is 8.57. The van der Waals surface area contributed by atoms with Crippen LogP contribution >= 0.6 is 11.3 Å². The minimum absolute atomic E-state index is 0.00966. The fraction of sp³-hybridized carbons (Fsp3) is 0.263. The molecule has 0 radical (unpaired) electrons. The molecule has 0 aliphatic carbocycles. The van der Waals surface area contributed by atoms with Crippen molar-refractivity contribution < 1.29 is 18.4 Å². The fourth-order valence-corrected chi connectivity index (χ4v) is 3.66. The minimum Gasteiger partial charge on any atom is -0.337 e. The molecule has 2 heterocycles. The van der Waals surface area contributed by atoms with E-state index in [2.05, 4.69) is 4.99 Å². The lowest BCUT2D eigenvalue weighted by Crippen LogP contribution is -2.33. The predicted molar refractivity (Wildman–Crippen MR) is 103 cm³/mol. The van der Waals surface area contributed by atoms with Gasteiger partial charge in [0.05, 0.1) is 6.54 Å². The van der Waals surface area contributed by atoms with Crippen LogP contribution in [0.3, 0.4) is 0 Å². The van der Waals surface area contributed by atoms with Crippen molar-refractivity contribution in [3.63, 3.8) is 0 Å². The highest BCUT2D eigenvalue weighted by molar-refractivity contribution is 7.12. The first-order chi connectivity index (χ1) is 13.3. The molecule has 0 saturated heterocycles. The zero-order valence-corrected chi connectivity index (χ0v) is 15.7. The van der Waals surface area contributed by atoms with Gasteiger partial charge in [-0.15, -0.1) is 11.3 Å². The molecule has 5 nitrogen and oxygen atoms in total. The maximum absolute atomic E-state index is 12.6. The van der Waals surface area contributed by atoms with Gasteiger partial charge in [0, 0.05) is 18.0 Å². The van der Waals surface area contributed by atoms with Crippen LogP contribution in [0.1, 0.15) is 21.7 Å². The minimum atomic E-state index is -4.39. The number of guanidine groups is 1. The van der Waals surface area contributed by atoms with Crippen LogP contribution in [0.2, 0.25) is 0 Å². The van der Waals surface area contributed by atoms with E-state index < -0.39 is 11.1 Å². The van der Waals surface area contributed by atoms with Gasteiger partial charge in [-0.25, -0.2) is 10.1 Å². The number of rotatable bonds is 4. The van der Waals surface area contributed by atoms with Crippen LogP contribution < -0.4 is 0 Å². The third-order valence-electron chi connectivity index (χ3n) is 4.23. The van der Waals surface area contributed by atoms with Crippen molar-refractivity contribution in [1.29, 1.82) is 5.41 Å². The Kier molecular flexibility index (Phi) is 6.15. The predicted octanol–water partition coefficient (Wildman–Crippen LogP) is 4.71. The summed E-state index contributed by atoms with van der Waals surface area (Å²) in [6.45, 7) is 1.03. The third kappa shape index (κ3) is 5.20. The Morgan fingerprint density at radius 2 is 2.00 bits per heavy atom. The Hall–Kier alpha value is -2.65. The van der Waals surface area contributed by atoms with E-state index in [0.717, 1.165) is 24.4 Å². The lowest BCUT2D eigenvalue weighted by molar-refractivity contribution is -0.134. The first-order valence-electron chi connectivity index (χ1n) is 8.56. The molecule has 1 aliphatic heterocycles. The summed E-state index contributed by atoms with van der Waals surface area (Å²) in [6.07, 6.45) is -0.518. The molecule has 0 fully saturated rings. The Morgan fingerprint density at radius 1 is 1.25 bits per heavy atom. The number of nitrogens with one attached hydrogen (secondary N) is 1. The van der Waals surface area contributed by atoms with Crippen LogP contribution in [0.4, 0.5) is 13.2 Å². The van der Waals surface area contributed by atoms with Crippen LogP contribution in [-0.2, 0) is 12.7 Å². The van der Waals surface area contributed by atoms with Gasteiger partial charge in [0.25, 0.3) is 0 Å². The van der Waals surface area contributed by atoms with Gasteiger partial charge in [-0.1, -0.05) is 36.4 Å². The molecule has 2 N–H and O–H groups in total. The van der Waals surface area contributed by atoms with Crippen LogP contribution in [0.15, 0.2) is 53.5 Å². The summed E-state index contributed by atoms with van der Waals surface area (Å²) < 4.78 is 37.8. The average Bonchev–Trinajstić information content (AvgIpc) is 3.16. The van der Waals surface area contributed by atoms with E-state index in [9.17, 15) is 18.4 Å². The second-order valence-electron chi connectivity index (χ2n) is 6.22. The molecule has 1 aromatic heterocycles. The zero-order chi connectivity index (χ0) is 20.1. The van der Waals surface area contributed by atoms with Gasteiger partial charge in [0.2, 0.25) is 5.96 Å². The Balaban J connectivity index is 1.52. The molecule has 2 aromatic rings. The van der Waals surface area contributed by atoms with Gasteiger partial charge in [-0.3, -0.25) is 10.6 Å². The lowest BCUT2D eigenvalue weighted by Gasteiger charge is -2.26. The van der Waals surface area contributed by atoms with E-state index in [1.54, 1.807) is 4.90 Å². The molecule has 28 heavy (non-hydrogen) atoms. The molecule has 1 aromatic carbocycles. The number of nitrogens with zero attached hydrogens (tertiary/aromatic N) is 3. The average molecular weight is 408 g/mol. The molecule has 0 spiro atoms. The number of alkyl halides is 3. The van der Waals surface area contributed by atoms with E-state index in [0.29, 0.717) is 34.4 Å². The summed E-state index contributed by atoms with van der Waals surface area (Å²) in [5, 5.41) is 18.5. The third-order valence-corrected chi connectivity index (χ3v) is 5.34. The molecule has 148 valence electrons. The largest absolute Gasteiger partial charge is 0.425 e. The van der Waals surface area contributed by atoms with Crippen LogP contribution in [0.5, 0.6) is 0 Å². The van der Waals surface area contributed by atoms with E-state index in [4.69, 9.17) is 5.41 Å². The quantitative estimate of drug-likeness (QED) is 0.438.